The molecule has 0 spiro atoms. The molecule has 206 valence electrons. The van der Waals surface area contributed by atoms with Crippen LogP contribution in [0.3, 0.4) is 0 Å². The highest BCUT2D eigenvalue weighted by molar-refractivity contribution is 7.89. The molecule has 9 nitrogen and oxygen atoms in total. The number of hydrogen-bond donors (Lipinski definition) is 2. The Balaban J connectivity index is 1.44. The van der Waals surface area contributed by atoms with Crippen molar-refractivity contribution in [3.05, 3.63) is 95.9 Å². The van der Waals surface area contributed by atoms with Gasteiger partial charge in [-0.3, -0.25) is 14.8 Å². The van der Waals surface area contributed by atoms with Crippen molar-refractivity contribution in [1.29, 1.82) is 0 Å². The number of phenolic OH excluding ortho intramolecular Hbond substituents is 2. The lowest BCUT2D eigenvalue weighted by Crippen LogP contribution is -2.58. The predicted octanol–water partition coefficient (Wildman–Crippen LogP) is 4.35. The summed E-state index contributed by atoms with van der Waals surface area (Å²) in [7, 11) is -4.08. The molecular weight excluding hydrogens is 542 g/mol. The fourth-order valence-corrected chi connectivity index (χ4v) is 5.91. The maximum absolute atomic E-state index is 13.5. The van der Waals surface area contributed by atoms with Crippen LogP contribution >= 0.6 is 0 Å². The number of rotatable bonds is 7. The van der Waals surface area contributed by atoms with Crippen molar-refractivity contribution in [3.63, 3.8) is 0 Å². The molecular formula is C28H24F2N4O5S. The summed E-state index contributed by atoms with van der Waals surface area (Å²) in [5, 5.41) is 19.9. The van der Waals surface area contributed by atoms with E-state index >= 15 is 0 Å². The SMILES string of the molecule is Cc1cc(S(=O)(=O)N2CC(F)(F)C2)cnc1-c1ccc(N(Cc2cccnc2)C(=O)c2ccc(O)cc2O)cc1. The molecule has 1 aliphatic rings. The molecule has 4 aromatic rings. The van der Waals surface area contributed by atoms with Gasteiger partial charge in [-0.1, -0.05) is 18.2 Å². The highest BCUT2D eigenvalue weighted by Gasteiger charge is 2.50. The zero-order chi connectivity index (χ0) is 28.7. The minimum Gasteiger partial charge on any atom is -0.508 e. The van der Waals surface area contributed by atoms with Gasteiger partial charge in [0.05, 0.1) is 30.9 Å². The topological polar surface area (TPSA) is 124 Å². The molecule has 1 fully saturated rings. The van der Waals surface area contributed by atoms with Crippen molar-refractivity contribution < 1.29 is 32.2 Å². The normalized spacial score (nSPS) is 14.9. The highest BCUT2D eigenvalue weighted by atomic mass is 32.2. The molecule has 0 unspecified atom stereocenters. The van der Waals surface area contributed by atoms with Gasteiger partial charge < -0.3 is 15.1 Å². The van der Waals surface area contributed by atoms with Crippen molar-refractivity contribution >= 4 is 21.6 Å². The number of aromatic hydroxyl groups is 2. The molecule has 1 aliphatic heterocycles. The quantitative estimate of drug-likeness (QED) is 0.341. The van der Waals surface area contributed by atoms with Crippen molar-refractivity contribution in [2.75, 3.05) is 18.0 Å². The van der Waals surface area contributed by atoms with Gasteiger partial charge in [0.1, 0.15) is 16.4 Å². The first kappa shape index (κ1) is 27.2. The van der Waals surface area contributed by atoms with Crippen molar-refractivity contribution in [3.8, 4) is 22.8 Å². The second-order valence-electron chi connectivity index (χ2n) is 9.47. The van der Waals surface area contributed by atoms with Crippen LogP contribution in [0.15, 0.2) is 84.1 Å². The number of aromatic nitrogens is 2. The van der Waals surface area contributed by atoms with Crippen molar-refractivity contribution in [2.24, 2.45) is 0 Å². The van der Waals surface area contributed by atoms with Gasteiger partial charge in [-0.25, -0.2) is 17.2 Å². The lowest BCUT2D eigenvalue weighted by atomic mass is 10.1. The van der Waals surface area contributed by atoms with Crippen molar-refractivity contribution in [1.82, 2.24) is 14.3 Å². The van der Waals surface area contributed by atoms with Gasteiger partial charge in [0.2, 0.25) is 10.0 Å². The summed E-state index contributed by atoms with van der Waals surface area (Å²) in [6.45, 7) is 0.110. The Labute approximate surface area is 229 Å². The maximum atomic E-state index is 13.5. The number of nitrogens with zero attached hydrogens (tertiary/aromatic N) is 4. The van der Waals surface area contributed by atoms with Crippen LogP contribution in [0.25, 0.3) is 11.3 Å². The number of benzene rings is 2. The molecule has 5 rings (SSSR count). The fraction of sp³-hybridized carbons (Fsp3) is 0.179. The Hall–Kier alpha value is -4.42. The van der Waals surface area contributed by atoms with Gasteiger partial charge in [-0.05, 0) is 54.4 Å². The Bertz CT molecular complexity index is 1680. The third kappa shape index (κ3) is 5.36. The second-order valence-corrected chi connectivity index (χ2v) is 11.4. The summed E-state index contributed by atoms with van der Waals surface area (Å²) in [6.07, 6.45) is 4.38. The Morgan fingerprint density at radius 3 is 2.38 bits per heavy atom. The summed E-state index contributed by atoms with van der Waals surface area (Å²) in [6, 6.07) is 15.5. The largest absolute Gasteiger partial charge is 0.508 e. The van der Waals surface area contributed by atoms with Gasteiger partial charge in [0.25, 0.3) is 11.8 Å². The number of carbonyl (C=O) groups is 1. The molecule has 0 saturated carbocycles. The predicted molar refractivity (Wildman–Crippen MR) is 143 cm³/mol. The van der Waals surface area contributed by atoms with E-state index in [-0.39, 0.29) is 28.5 Å². The van der Waals surface area contributed by atoms with Gasteiger partial charge in [0.15, 0.2) is 0 Å². The number of amides is 1. The van der Waals surface area contributed by atoms with Crippen LogP contribution in [0.4, 0.5) is 14.5 Å². The summed E-state index contributed by atoms with van der Waals surface area (Å²) in [5.41, 5.74) is 2.90. The number of sulfonamides is 1. The number of pyridine rings is 2. The lowest BCUT2D eigenvalue weighted by molar-refractivity contribution is -0.0945. The number of carbonyl (C=O) groups excluding carboxylic acids is 1. The van der Waals surface area contributed by atoms with E-state index in [9.17, 15) is 32.2 Å². The zero-order valence-corrected chi connectivity index (χ0v) is 22.0. The third-order valence-electron chi connectivity index (χ3n) is 6.48. The van der Waals surface area contributed by atoms with E-state index in [0.717, 1.165) is 22.1 Å². The molecule has 0 atom stereocenters. The summed E-state index contributed by atoms with van der Waals surface area (Å²) in [4.78, 5) is 23.2. The van der Waals surface area contributed by atoms with Crippen LogP contribution in [-0.2, 0) is 16.6 Å². The monoisotopic (exact) mass is 566 g/mol. The number of aryl methyl sites for hydroxylation is 1. The fourth-order valence-electron chi connectivity index (χ4n) is 4.38. The van der Waals surface area contributed by atoms with E-state index < -0.39 is 34.9 Å². The minimum atomic E-state index is -4.08. The number of alkyl halides is 2. The van der Waals surface area contributed by atoms with E-state index in [1.165, 1.54) is 23.1 Å². The smallest absolute Gasteiger partial charge is 0.275 e. The lowest BCUT2D eigenvalue weighted by Gasteiger charge is -2.37. The molecule has 12 heteroatoms. The Morgan fingerprint density at radius 1 is 1.05 bits per heavy atom. The van der Waals surface area contributed by atoms with Crippen LogP contribution in [0, 0.1) is 6.92 Å². The molecule has 40 heavy (non-hydrogen) atoms. The maximum Gasteiger partial charge on any atom is 0.275 e. The number of halogens is 2. The van der Waals surface area contributed by atoms with Gasteiger partial charge in [-0.15, -0.1) is 0 Å². The zero-order valence-electron chi connectivity index (χ0n) is 21.2. The van der Waals surface area contributed by atoms with Gasteiger partial charge in [-0.2, -0.15) is 4.31 Å². The molecule has 1 amide bonds. The molecule has 1 saturated heterocycles. The number of hydrogen-bond acceptors (Lipinski definition) is 7. The number of phenols is 2. The Kier molecular flexibility index (Phi) is 6.98. The second kappa shape index (κ2) is 10.3. The van der Waals surface area contributed by atoms with E-state index in [2.05, 4.69) is 9.97 Å². The molecule has 2 N–H and O–H groups in total. The summed E-state index contributed by atoms with van der Waals surface area (Å²) >= 11 is 0. The van der Waals surface area contributed by atoms with E-state index in [1.807, 2.05) is 6.07 Å². The summed E-state index contributed by atoms with van der Waals surface area (Å²) in [5.74, 6) is -4.07. The number of anilines is 1. The molecule has 0 aliphatic carbocycles. The van der Waals surface area contributed by atoms with Gasteiger partial charge >= 0.3 is 0 Å². The van der Waals surface area contributed by atoms with Crippen LogP contribution in [0.2, 0.25) is 0 Å². The molecule has 2 aromatic carbocycles. The molecule has 3 heterocycles. The minimum absolute atomic E-state index is 0.0000379. The average molecular weight is 567 g/mol. The third-order valence-corrected chi connectivity index (χ3v) is 8.24. The van der Waals surface area contributed by atoms with E-state index in [1.54, 1.807) is 49.6 Å². The Morgan fingerprint density at radius 2 is 1.77 bits per heavy atom. The molecule has 2 aromatic heterocycles. The van der Waals surface area contributed by atoms with Crippen LogP contribution in [0.1, 0.15) is 21.5 Å². The summed E-state index contributed by atoms with van der Waals surface area (Å²) < 4.78 is 52.5. The highest BCUT2D eigenvalue weighted by Crippen LogP contribution is 2.34. The first-order valence-corrected chi connectivity index (χ1v) is 13.6. The first-order chi connectivity index (χ1) is 18.9. The van der Waals surface area contributed by atoms with Crippen LogP contribution in [-0.4, -0.2) is 57.8 Å². The van der Waals surface area contributed by atoms with E-state index in [0.29, 0.717) is 22.5 Å². The molecule has 0 radical (unpaired) electrons. The van der Waals surface area contributed by atoms with Gasteiger partial charge in [0, 0.05) is 35.9 Å². The van der Waals surface area contributed by atoms with E-state index in [4.69, 9.17) is 0 Å². The van der Waals surface area contributed by atoms with Crippen LogP contribution in [0.5, 0.6) is 11.5 Å². The first-order valence-electron chi connectivity index (χ1n) is 12.1. The molecule has 0 bridgehead atoms. The van der Waals surface area contributed by atoms with Crippen molar-refractivity contribution in [2.45, 2.75) is 24.3 Å². The average Bonchev–Trinajstić information content (AvgIpc) is 2.91. The van der Waals surface area contributed by atoms with Crippen LogP contribution < -0.4 is 4.90 Å². The standard InChI is InChI=1S/C28H24F2N4O5S/c1-18-11-23(40(38,39)33-16-28(29,30)17-33)14-32-26(18)20-4-6-21(7-5-20)34(15-19-3-2-10-31-13-19)27(37)24-9-8-22(35)12-25(24)36/h2-14,35-36H,15-17H2,1H3.